The standard InChI is InChI=1S/C25H25FN8O3/c1-3-11-37-20-12-17(18(26)13-19(20)36-2)22(32-16-7-5-15(6-8-16)23(27)28)24-31-14-21(35)34(33-24)25-29-9-4-10-30-25/h3-10,12-13,22,32H,1,11,14H2,2H3,(H3,27,28)(H,31,33). The molecule has 37 heavy (non-hydrogen) atoms. The summed E-state index contributed by atoms with van der Waals surface area (Å²) in [6, 6.07) is 10.2. The Morgan fingerprint density at radius 2 is 2.03 bits per heavy atom. The van der Waals surface area contributed by atoms with Crippen LogP contribution in [0.25, 0.3) is 0 Å². The molecule has 1 unspecified atom stereocenters. The van der Waals surface area contributed by atoms with E-state index in [0.29, 0.717) is 17.0 Å². The van der Waals surface area contributed by atoms with Crippen LogP contribution in [0, 0.1) is 11.2 Å². The molecule has 2 heterocycles. The fourth-order valence-electron chi connectivity index (χ4n) is 3.56. The van der Waals surface area contributed by atoms with Crippen LogP contribution in [0.2, 0.25) is 0 Å². The lowest BCUT2D eigenvalue weighted by Crippen LogP contribution is -2.54. The van der Waals surface area contributed by atoms with Gasteiger partial charge in [-0.3, -0.25) is 20.6 Å². The lowest BCUT2D eigenvalue weighted by atomic mass is 10.0. The van der Waals surface area contributed by atoms with Crippen LogP contribution < -0.4 is 31.0 Å². The van der Waals surface area contributed by atoms with Crippen LogP contribution in [0.15, 0.2) is 72.5 Å². The van der Waals surface area contributed by atoms with E-state index in [1.54, 1.807) is 36.4 Å². The minimum absolute atomic E-state index is 0.0800. The van der Waals surface area contributed by atoms with Crippen molar-refractivity contribution < 1.29 is 18.7 Å². The summed E-state index contributed by atoms with van der Waals surface area (Å²) in [6.07, 6.45) is 4.56. The smallest absolute Gasteiger partial charge is 0.270 e. The van der Waals surface area contributed by atoms with Gasteiger partial charge in [0, 0.05) is 35.3 Å². The largest absolute Gasteiger partial charge is 0.493 e. The number of methoxy groups -OCH3 is 1. The van der Waals surface area contributed by atoms with Gasteiger partial charge in [-0.15, -0.1) is 0 Å². The summed E-state index contributed by atoms with van der Waals surface area (Å²) in [5.41, 5.74) is 9.77. The summed E-state index contributed by atoms with van der Waals surface area (Å²) in [4.78, 5) is 25.2. The average Bonchev–Trinajstić information content (AvgIpc) is 2.92. The molecule has 0 aliphatic carbocycles. The normalized spacial score (nSPS) is 13.7. The highest BCUT2D eigenvalue weighted by molar-refractivity contribution is 6.04. The van der Waals surface area contributed by atoms with Crippen molar-refractivity contribution in [2.24, 2.45) is 10.7 Å². The molecule has 0 saturated heterocycles. The van der Waals surface area contributed by atoms with Crippen molar-refractivity contribution in [3.05, 3.63) is 84.5 Å². The molecule has 0 fully saturated rings. The fraction of sp³-hybridized carbons (Fsp3) is 0.160. The summed E-state index contributed by atoms with van der Waals surface area (Å²) >= 11 is 0. The van der Waals surface area contributed by atoms with E-state index < -0.39 is 11.9 Å². The zero-order chi connectivity index (χ0) is 26.4. The predicted octanol–water partition coefficient (Wildman–Crippen LogP) is 2.58. The molecule has 5 N–H and O–H groups in total. The Kier molecular flexibility index (Phi) is 7.57. The quantitative estimate of drug-likeness (QED) is 0.187. The van der Waals surface area contributed by atoms with Crippen LogP contribution >= 0.6 is 0 Å². The van der Waals surface area contributed by atoms with Gasteiger partial charge in [0.1, 0.15) is 36.7 Å². The number of aliphatic imine (C=N–C) groups is 1. The number of ether oxygens (including phenoxy) is 2. The number of rotatable bonds is 10. The highest BCUT2D eigenvalue weighted by Gasteiger charge is 2.31. The second-order valence-corrected chi connectivity index (χ2v) is 7.78. The van der Waals surface area contributed by atoms with E-state index in [2.05, 4.69) is 32.3 Å². The zero-order valence-electron chi connectivity index (χ0n) is 19.9. The van der Waals surface area contributed by atoms with Gasteiger partial charge in [0.05, 0.1) is 7.11 Å². The lowest BCUT2D eigenvalue weighted by Gasteiger charge is -2.31. The molecule has 3 aromatic rings. The van der Waals surface area contributed by atoms with E-state index >= 15 is 4.39 Å². The maximum Gasteiger partial charge on any atom is 0.270 e. The Hall–Kier alpha value is -5.00. The second-order valence-electron chi connectivity index (χ2n) is 7.78. The Bertz CT molecular complexity index is 1330. The summed E-state index contributed by atoms with van der Waals surface area (Å²) in [5.74, 6) is -0.192. The summed E-state index contributed by atoms with van der Waals surface area (Å²) in [7, 11) is 1.41. The summed E-state index contributed by atoms with van der Waals surface area (Å²) in [5, 5.41) is 12.0. The molecular weight excluding hydrogens is 479 g/mol. The average molecular weight is 505 g/mol. The molecule has 0 saturated carbocycles. The number of aromatic nitrogens is 2. The Labute approximate surface area is 212 Å². The summed E-state index contributed by atoms with van der Waals surface area (Å²) < 4.78 is 26.5. The topological polar surface area (TPSA) is 151 Å². The third-order valence-electron chi connectivity index (χ3n) is 5.34. The van der Waals surface area contributed by atoms with Crippen molar-refractivity contribution in [2.75, 3.05) is 30.6 Å². The Morgan fingerprint density at radius 1 is 1.30 bits per heavy atom. The van der Waals surface area contributed by atoms with Crippen molar-refractivity contribution in [1.29, 1.82) is 5.41 Å². The summed E-state index contributed by atoms with van der Waals surface area (Å²) in [6.45, 7) is 3.62. The van der Waals surface area contributed by atoms with E-state index in [1.165, 1.54) is 31.6 Å². The van der Waals surface area contributed by atoms with Crippen molar-refractivity contribution in [2.45, 2.75) is 6.04 Å². The third kappa shape index (κ3) is 5.64. The number of nitrogen functional groups attached to an aromatic ring is 1. The van der Waals surface area contributed by atoms with Crippen LogP contribution in [0.1, 0.15) is 17.2 Å². The van der Waals surface area contributed by atoms with E-state index in [1.807, 2.05) is 0 Å². The number of amides is 1. The van der Waals surface area contributed by atoms with Crippen molar-refractivity contribution in [1.82, 2.24) is 15.4 Å². The molecule has 1 aliphatic heterocycles. The number of hydrogen-bond donors (Lipinski definition) is 4. The van der Waals surface area contributed by atoms with Crippen LogP contribution in [-0.2, 0) is 4.79 Å². The molecule has 1 aromatic heterocycles. The van der Waals surface area contributed by atoms with Gasteiger partial charge in [-0.05, 0) is 36.4 Å². The predicted molar refractivity (Wildman–Crippen MR) is 137 cm³/mol. The Morgan fingerprint density at radius 3 is 2.68 bits per heavy atom. The highest BCUT2D eigenvalue weighted by atomic mass is 19.1. The number of benzene rings is 2. The SMILES string of the molecule is C=CCOc1cc(C(Nc2ccc(C(=N)N)cc2)C2=NCC(=O)N(c3ncccn3)N2)c(F)cc1OC. The number of hydrogen-bond acceptors (Lipinski definition) is 9. The molecule has 0 radical (unpaired) electrons. The first kappa shape index (κ1) is 25.1. The van der Waals surface area contributed by atoms with Crippen LogP contribution in [0.5, 0.6) is 11.5 Å². The number of hydrazine groups is 1. The van der Waals surface area contributed by atoms with Gasteiger partial charge in [-0.25, -0.2) is 14.4 Å². The number of nitrogens with zero attached hydrogens (tertiary/aromatic N) is 4. The molecule has 0 spiro atoms. The number of carbonyl (C=O) groups excluding carboxylic acids is 1. The number of anilines is 2. The number of carbonyl (C=O) groups is 1. The molecule has 1 aliphatic rings. The van der Waals surface area contributed by atoms with Gasteiger partial charge in [0.15, 0.2) is 11.5 Å². The van der Waals surface area contributed by atoms with Gasteiger partial charge >= 0.3 is 0 Å². The monoisotopic (exact) mass is 504 g/mol. The van der Waals surface area contributed by atoms with Crippen molar-refractivity contribution >= 4 is 29.2 Å². The Balaban J connectivity index is 1.76. The van der Waals surface area contributed by atoms with Gasteiger partial charge in [0.25, 0.3) is 11.9 Å². The molecule has 0 bridgehead atoms. The minimum atomic E-state index is -0.903. The molecule has 11 nitrogen and oxygen atoms in total. The molecule has 190 valence electrons. The number of amidine groups is 2. The van der Waals surface area contributed by atoms with E-state index in [-0.39, 0.29) is 48.0 Å². The molecule has 12 heteroatoms. The number of nitrogens with two attached hydrogens (primary N) is 1. The van der Waals surface area contributed by atoms with Crippen molar-refractivity contribution in [3.8, 4) is 11.5 Å². The fourth-order valence-corrected chi connectivity index (χ4v) is 3.56. The maximum atomic E-state index is 15.5. The minimum Gasteiger partial charge on any atom is -0.493 e. The molecule has 4 rings (SSSR count). The maximum absolute atomic E-state index is 15.5. The van der Waals surface area contributed by atoms with E-state index in [4.69, 9.17) is 20.6 Å². The first-order chi connectivity index (χ1) is 17.9. The van der Waals surface area contributed by atoms with E-state index in [9.17, 15) is 4.79 Å². The molecular formula is C25H25FN8O3. The highest BCUT2D eigenvalue weighted by Crippen LogP contribution is 2.35. The van der Waals surface area contributed by atoms with Crippen LogP contribution in [0.3, 0.4) is 0 Å². The van der Waals surface area contributed by atoms with Gasteiger partial charge in [0.2, 0.25) is 0 Å². The molecule has 1 amide bonds. The number of halogens is 1. The van der Waals surface area contributed by atoms with E-state index in [0.717, 1.165) is 5.01 Å². The van der Waals surface area contributed by atoms with Crippen molar-refractivity contribution in [3.63, 3.8) is 0 Å². The number of nitrogens with one attached hydrogen (secondary N) is 3. The zero-order valence-corrected chi connectivity index (χ0v) is 19.9. The molecule has 2 aromatic carbocycles. The second kappa shape index (κ2) is 11.2. The van der Waals surface area contributed by atoms with Gasteiger partial charge < -0.3 is 20.5 Å². The lowest BCUT2D eigenvalue weighted by molar-refractivity contribution is -0.118. The van der Waals surface area contributed by atoms with Crippen LogP contribution in [-0.4, -0.2) is 47.8 Å². The first-order valence-electron chi connectivity index (χ1n) is 11.1. The first-order valence-corrected chi connectivity index (χ1v) is 11.1. The molecule has 1 atom stereocenters. The van der Waals surface area contributed by atoms with Crippen LogP contribution in [0.4, 0.5) is 16.0 Å². The van der Waals surface area contributed by atoms with Gasteiger partial charge in [-0.2, -0.15) is 5.01 Å². The van der Waals surface area contributed by atoms with Gasteiger partial charge in [-0.1, -0.05) is 12.7 Å². The third-order valence-corrected chi connectivity index (χ3v) is 5.34.